The van der Waals surface area contributed by atoms with Crippen LogP contribution in [-0.2, 0) is 42.9 Å². The molecule has 248 valence electrons. The molecule has 3 heterocycles. The Hall–Kier alpha value is -2.12. The minimum Gasteiger partial charge on any atom is -0.462 e. The topological polar surface area (TPSA) is 182 Å². The van der Waals surface area contributed by atoms with E-state index in [1.54, 1.807) is 6.92 Å². The highest BCUT2D eigenvalue weighted by molar-refractivity contribution is 5.85. The van der Waals surface area contributed by atoms with Gasteiger partial charge in [0, 0.05) is 31.1 Å². The number of carbonyl (C=O) groups excluding carboxylic acids is 4. The van der Waals surface area contributed by atoms with E-state index in [0.29, 0.717) is 6.42 Å². The van der Waals surface area contributed by atoms with Crippen LogP contribution in [0.1, 0.15) is 67.7 Å². The molecule has 5 saturated carbocycles. The van der Waals surface area contributed by atoms with Gasteiger partial charge in [0.25, 0.3) is 0 Å². The van der Waals surface area contributed by atoms with Gasteiger partial charge in [-0.15, -0.1) is 0 Å². The Kier molecular flexibility index (Phi) is 5.82. The first-order valence-electron chi connectivity index (χ1n) is 16.4. The summed E-state index contributed by atoms with van der Waals surface area (Å²) in [6.07, 6.45) is -4.06. The van der Waals surface area contributed by atoms with Crippen molar-refractivity contribution < 1.29 is 58.2 Å². The molecule has 0 aromatic carbocycles. The van der Waals surface area contributed by atoms with E-state index in [-0.39, 0.29) is 36.6 Å². The van der Waals surface area contributed by atoms with E-state index in [4.69, 9.17) is 23.7 Å². The maximum Gasteiger partial charge on any atom is 0.341 e. The van der Waals surface area contributed by atoms with Crippen LogP contribution in [0.25, 0.3) is 0 Å². The van der Waals surface area contributed by atoms with Gasteiger partial charge in [-0.25, -0.2) is 4.79 Å². The summed E-state index contributed by atoms with van der Waals surface area (Å²) in [6.45, 7) is 11.2. The van der Waals surface area contributed by atoms with Crippen molar-refractivity contribution in [2.75, 3.05) is 0 Å². The van der Waals surface area contributed by atoms with Gasteiger partial charge in [0.2, 0.25) is 5.79 Å². The molecule has 45 heavy (non-hydrogen) atoms. The van der Waals surface area contributed by atoms with E-state index in [0.717, 1.165) is 0 Å². The monoisotopic (exact) mass is 632 g/mol. The highest BCUT2D eigenvalue weighted by atomic mass is 16.8. The Balaban J connectivity index is 1.37. The van der Waals surface area contributed by atoms with Crippen LogP contribution in [0, 0.1) is 57.7 Å². The predicted octanol–water partition coefficient (Wildman–Crippen LogP) is 0.902. The molecule has 19 atom stereocenters. The molecule has 1 spiro atoms. The van der Waals surface area contributed by atoms with E-state index in [1.807, 2.05) is 13.8 Å². The molecule has 0 bridgehead atoms. The number of aliphatic hydroxyl groups excluding tert-OH is 2. The Morgan fingerprint density at radius 1 is 0.933 bits per heavy atom. The lowest BCUT2D eigenvalue weighted by molar-refractivity contribution is -0.238. The second kappa shape index (κ2) is 8.66. The molecule has 0 radical (unpaired) electrons. The molecule has 5 aliphatic carbocycles. The highest BCUT2D eigenvalue weighted by Crippen LogP contribution is 2.81. The minimum atomic E-state index is -2.02. The van der Waals surface area contributed by atoms with Crippen molar-refractivity contribution in [3.8, 4) is 0 Å². The van der Waals surface area contributed by atoms with Crippen LogP contribution in [0.15, 0.2) is 0 Å². The van der Waals surface area contributed by atoms with Gasteiger partial charge < -0.3 is 39.0 Å². The molecule has 8 aliphatic rings. The normalized spacial score (nSPS) is 61.2. The molecule has 2 unspecified atom stereocenters. The lowest BCUT2D eigenvalue weighted by Gasteiger charge is -2.64. The zero-order chi connectivity index (χ0) is 32.5. The van der Waals surface area contributed by atoms with Crippen molar-refractivity contribution in [1.29, 1.82) is 0 Å². The number of hydrogen-bond donors (Lipinski definition) is 3. The van der Waals surface area contributed by atoms with E-state index >= 15 is 0 Å². The average molecular weight is 633 g/mol. The second-order valence-electron chi connectivity index (χ2n) is 16.1. The summed E-state index contributed by atoms with van der Waals surface area (Å²) in [5.41, 5.74) is -5.62. The van der Waals surface area contributed by atoms with E-state index in [2.05, 4.69) is 0 Å². The zero-order valence-electron chi connectivity index (χ0n) is 26.7. The maximum absolute atomic E-state index is 13.9. The van der Waals surface area contributed by atoms with Crippen LogP contribution < -0.4 is 0 Å². The Labute approximate surface area is 261 Å². The molecule has 8 fully saturated rings. The van der Waals surface area contributed by atoms with Crippen molar-refractivity contribution in [3.63, 3.8) is 0 Å². The molecule has 3 aliphatic heterocycles. The lowest BCUT2D eigenvalue weighted by Crippen LogP contribution is -2.69. The van der Waals surface area contributed by atoms with Gasteiger partial charge in [0.15, 0.2) is 5.60 Å². The number of ether oxygens (including phenoxy) is 5. The van der Waals surface area contributed by atoms with Crippen LogP contribution in [0.2, 0.25) is 0 Å². The fourth-order valence-corrected chi connectivity index (χ4v) is 13.0. The molecule has 0 aromatic rings. The van der Waals surface area contributed by atoms with Crippen LogP contribution in [0.3, 0.4) is 0 Å². The van der Waals surface area contributed by atoms with E-state index in [1.165, 1.54) is 27.7 Å². The van der Waals surface area contributed by atoms with Crippen molar-refractivity contribution in [2.45, 2.75) is 122 Å². The zero-order valence-corrected chi connectivity index (χ0v) is 26.7. The third kappa shape index (κ3) is 3.13. The molecule has 12 nitrogen and oxygen atoms in total. The maximum atomic E-state index is 13.9. The number of aliphatic hydroxyl groups is 3. The van der Waals surface area contributed by atoms with Gasteiger partial charge in [-0.2, -0.15) is 0 Å². The summed E-state index contributed by atoms with van der Waals surface area (Å²) < 4.78 is 30.4. The molecular weight excluding hydrogens is 588 g/mol. The fourth-order valence-electron chi connectivity index (χ4n) is 13.0. The summed E-state index contributed by atoms with van der Waals surface area (Å²) >= 11 is 0. The van der Waals surface area contributed by atoms with Crippen LogP contribution in [0.4, 0.5) is 0 Å². The molecule has 8 rings (SSSR count). The quantitative estimate of drug-likeness (QED) is 0.228. The Bertz CT molecular complexity index is 1410. The number of hydrogen-bond acceptors (Lipinski definition) is 12. The molecule has 12 heteroatoms. The average Bonchev–Trinajstić information content (AvgIpc) is 3.83. The molecule has 0 amide bonds. The van der Waals surface area contributed by atoms with Crippen LogP contribution >= 0.6 is 0 Å². The van der Waals surface area contributed by atoms with Crippen molar-refractivity contribution in [1.82, 2.24) is 0 Å². The van der Waals surface area contributed by atoms with Gasteiger partial charge in [-0.1, -0.05) is 13.8 Å². The molecular formula is C33H44O12. The number of Topliss-reactive ketones (excluding diaryl/α,β-unsaturated/α-hetero) is 1. The number of carbonyl (C=O) groups is 4. The third-order valence-electron chi connectivity index (χ3n) is 14.7. The first kappa shape index (κ1) is 30.2. The molecule has 3 N–H and O–H groups in total. The van der Waals surface area contributed by atoms with E-state index in [9.17, 15) is 34.5 Å². The number of fused-ring (bicyclic) bond motifs is 9. The summed E-state index contributed by atoms with van der Waals surface area (Å²) in [4.78, 5) is 53.0. The first-order chi connectivity index (χ1) is 20.9. The summed E-state index contributed by atoms with van der Waals surface area (Å²) in [6, 6.07) is 0. The van der Waals surface area contributed by atoms with Crippen LogP contribution in [-0.4, -0.2) is 93.1 Å². The van der Waals surface area contributed by atoms with Gasteiger partial charge >= 0.3 is 17.9 Å². The van der Waals surface area contributed by atoms with Gasteiger partial charge in [0.05, 0.1) is 29.1 Å². The largest absolute Gasteiger partial charge is 0.462 e. The van der Waals surface area contributed by atoms with Crippen molar-refractivity contribution >= 4 is 23.7 Å². The third-order valence-corrected chi connectivity index (χ3v) is 14.7. The van der Waals surface area contributed by atoms with E-state index < -0.39 is 112 Å². The number of esters is 3. The summed E-state index contributed by atoms with van der Waals surface area (Å²) in [7, 11) is 0. The first-order valence-corrected chi connectivity index (χ1v) is 16.4. The lowest BCUT2D eigenvalue weighted by atomic mass is 9.41. The van der Waals surface area contributed by atoms with Crippen molar-refractivity contribution in [2.24, 2.45) is 57.7 Å². The van der Waals surface area contributed by atoms with Crippen molar-refractivity contribution in [3.05, 3.63) is 0 Å². The fraction of sp³-hybridized carbons (Fsp3) is 0.879. The number of epoxide rings is 2. The predicted molar refractivity (Wildman–Crippen MR) is 149 cm³/mol. The summed E-state index contributed by atoms with van der Waals surface area (Å²) in [5, 5.41) is 35.9. The Morgan fingerprint density at radius 2 is 1.60 bits per heavy atom. The van der Waals surface area contributed by atoms with Crippen LogP contribution in [0.5, 0.6) is 0 Å². The minimum absolute atomic E-state index is 0.173. The standard InChI is InChI=1S/C33H44O12/c1-11-21-23(30(6)31(7,40)28(39)45-33(30)27(11)44-33)25(42-14(4)36)22-20-16(10-19(29(21,22)5)41-13(3)35)32(12(2)34)15(8-17(20)37)9-18-24(43-18)26(32)38/h11,15-27,37-38,40H,8-10H2,1-7H3/t11-,15-,16?,17-,18-,19-,20?,21-,22+,23-,24-,25+,26-,27+,29+,30-,31+,32-,33-/m0/s1. The Morgan fingerprint density at radius 3 is 2.22 bits per heavy atom. The highest BCUT2D eigenvalue weighted by Gasteiger charge is 2.93. The van der Waals surface area contributed by atoms with Gasteiger partial charge in [0.1, 0.15) is 30.2 Å². The summed E-state index contributed by atoms with van der Waals surface area (Å²) in [5.74, 6) is -7.29. The van der Waals surface area contributed by atoms with Gasteiger partial charge in [-0.05, 0) is 69.6 Å². The molecule has 3 saturated heterocycles. The number of rotatable bonds is 3. The second-order valence-corrected chi connectivity index (χ2v) is 16.1. The SMILES string of the molecule is CC(=O)O[C@H]1[C@@H]2[C@H]([C@H](C)[C@H]3O[C@]34OC(=O)[C@@](C)(O)[C@]24C)[C@@]2(C)[C@@H](OC(C)=O)CC3C([C@H]12)[C@@H](O)C[C@H]1C[C@@H]2O[C@@H]2[C@H](O)[C@]31C(C)=O. The molecule has 0 aromatic heterocycles. The van der Waals surface area contributed by atoms with Gasteiger partial charge in [-0.3, -0.25) is 14.4 Å². The smallest absolute Gasteiger partial charge is 0.341 e. The number of ketones is 1.